The number of aryl methyl sites for hydroxylation is 2. The van der Waals surface area contributed by atoms with Crippen molar-refractivity contribution in [2.24, 2.45) is 10.8 Å². The van der Waals surface area contributed by atoms with Crippen LogP contribution in [0, 0.1) is 24.7 Å². The maximum atomic E-state index is 13.5. The van der Waals surface area contributed by atoms with E-state index < -0.39 is 82.9 Å². The molecule has 8 amide bonds. The molecule has 1 aromatic rings. The SMILES string of the molecule is CCCCCNC(=O)CN1C(=O)NC(=O)[C@]2(C)C1C1N(CC(=O)NCCn3c4nc(=O)n(CC)c(=O)c-4nc4cc(C)c(C)cc43)C(=O)NC(=O)[C@@]12C. The summed E-state index contributed by atoms with van der Waals surface area (Å²) in [5.41, 5.74) is -1.45. The number of rotatable bonds is 12. The summed E-state index contributed by atoms with van der Waals surface area (Å²) in [7, 11) is 0. The van der Waals surface area contributed by atoms with Gasteiger partial charge in [-0.3, -0.25) is 39.2 Å². The number of imide groups is 2. The Morgan fingerprint density at radius 2 is 1.32 bits per heavy atom. The summed E-state index contributed by atoms with van der Waals surface area (Å²) in [4.78, 5) is 117. The lowest BCUT2D eigenvalue weighted by molar-refractivity contribution is -0.213. The van der Waals surface area contributed by atoms with Crippen molar-refractivity contribution in [3.63, 3.8) is 0 Å². The molecule has 18 heteroatoms. The largest absolute Gasteiger partial charge is 0.355 e. The number of hydrogen-bond donors (Lipinski definition) is 4. The highest BCUT2D eigenvalue weighted by atomic mass is 16.2. The Labute approximate surface area is 304 Å². The molecule has 4 atom stereocenters. The molecule has 1 aromatic carbocycles. The van der Waals surface area contributed by atoms with Crippen LogP contribution in [0.3, 0.4) is 0 Å². The van der Waals surface area contributed by atoms with Gasteiger partial charge in [-0.15, -0.1) is 0 Å². The average Bonchev–Trinajstić information content (AvgIpc) is 3.10. The molecule has 4 N–H and O–H groups in total. The fourth-order valence-electron chi connectivity index (χ4n) is 8.01. The minimum absolute atomic E-state index is 0.000707. The number of aromatic nitrogens is 4. The molecule has 3 fully saturated rings. The predicted octanol–water partition coefficient (Wildman–Crippen LogP) is -0.0157. The van der Waals surface area contributed by atoms with E-state index in [4.69, 9.17) is 0 Å². The second kappa shape index (κ2) is 13.7. The summed E-state index contributed by atoms with van der Waals surface area (Å²) in [6, 6.07) is -0.243. The lowest BCUT2D eigenvalue weighted by Crippen LogP contribution is -2.91. The Hall–Kier alpha value is -5.68. The van der Waals surface area contributed by atoms with E-state index in [2.05, 4.69) is 31.2 Å². The second-order valence-corrected chi connectivity index (χ2v) is 14.3. The van der Waals surface area contributed by atoms with Gasteiger partial charge in [0.05, 0.1) is 33.9 Å². The number of fused-ring (bicyclic) bond motifs is 6. The van der Waals surface area contributed by atoms with Crippen LogP contribution in [0.4, 0.5) is 9.59 Å². The predicted molar refractivity (Wildman–Crippen MR) is 190 cm³/mol. The summed E-state index contributed by atoms with van der Waals surface area (Å²) >= 11 is 0. The van der Waals surface area contributed by atoms with Gasteiger partial charge in [-0.1, -0.05) is 19.8 Å². The molecule has 1 saturated carbocycles. The van der Waals surface area contributed by atoms with E-state index in [9.17, 15) is 38.4 Å². The highest BCUT2D eigenvalue weighted by molar-refractivity contribution is 6.11. The van der Waals surface area contributed by atoms with Gasteiger partial charge in [0.25, 0.3) is 5.56 Å². The fourth-order valence-corrected chi connectivity index (χ4v) is 8.01. The Kier molecular flexibility index (Phi) is 9.59. The molecule has 18 nitrogen and oxygen atoms in total. The zero-order chi connectivity index (χ0) is 38.6. The number of unbranched alkanes of at least 4 members (excludes halogenated alkanes) is 2. The van der Waals surface area contributed by atoms with E-state index in [-0.39, 0.29) is 31.2 Å². The first-order valence-electron chi connectivity index (χ1n) is 17.8. The fraction of sp³-hybridized carbons (Fsp3) is 0.543. The standard InChI is InChI=1S/C35H44N10O8/c1-7-9-10-11-36-22(46)16-44-25-26-35(6,34(25,5)29(49)40-32(44)52)30(50)41-33(53)45(26)17-23(47)37-12-13-43-21-15-19(4)18(3)14-20(21)38-24-27(43)39-31(51)42(8-2)28(24)48/h14-15,25-26H,7-13,16-17H2,1-6H3,(H,36,46)(H,37,47)(H,40,49,52)(H,41,50,53)/t25?,26?,34-,35+/m0/s1. The van der Waals surface area contributed by atoms with E-state index in [0.29, 0.717) is 17.6 Å². The van der Waals surface area contributed by atoms with Crippen LogP contribution in [0.15, 0.2) is 21.7 Å². The van der Waals surface area contributed by atoms with Gasteiger partial charge in [0.15, 0.2) is 11.5 Å². The van der Waals surface area contributed by atoms with Crippen LogP contribution in [0.5, 0.6) is 0 Å². The highest BCUT2D eigenvalue weighted by Gasteiger charge is 2.81. The zero-order valence-corrected chi connectivity index (χ0v) is 30.6. The molecule has 2 unspecified atom stereocenters. The quantitative estimate of drug-likeness (QED) is 0.144. The van der Waals surface area contributed by atoms with Crippen LogP contribution in [-0.2, 0) is 32.3 Å². The van der Waals surface area contributed by atoms with Crippen LogP contribution in [-0.4, -0.2) is 103 Å². The van der Waals surface area contributed by atoms with Gasteiger partial charge in [-0.05, 0) is 64.3 Å². The molecule has 2 saturated heterocycles. The summed E-state index contributed by atoms with van der Waals surface area (Å²) in [6.07, 6.45) is 2.59. The van der Waals surface area contributed by atoms with E-state index >= 15 is 0 Å². The summed E-state index contributed by atoms with van der Waals surface area (Å²) in [5.74, 6) is -2.49. The van der Waals surface area contributed by atoms with E-state index in [1.54, 1.807) is 11.5 Å². The first-order valence-corrected chi connectivity index (χ1v) is 17.8. The van der Waals surface area contributed by atoms with Gasteiger partial charge < -0.3 is 25.0 Å². The number of benzene rings is 1. The van der Waals surface area contributed by atoms with Crippen LogP contribution in [0.1, 0.15) is 58.1 Å². The van der Waals surface area contributed by atoms with E-state index in [1.165, 1.54) is 13.8 Å². The minimum atomic E-state index is -1.56. The van der Waals surface area contributed by atoms with Gasteiger partial charge in [0.1, 0.15) is 13.1 Å². The van der Waals surface area contributed by atoms with Gasteiger partial charge in [-0.25, -0.2) is 19.4 Å². The normalized spacial score (nSPS) is 23.7. The van der Waals surface area contributed by atoms with Crippen LogP contribution >= 0.6 is 0 Å². The third-order valence-electron chi connectivity index (χ3n) is 11.3. The maximum absolute atomic E-state index is 13.5. The number of nitrogens with zero attached hydrogens (tertiary/aromatic N) is 6. The third kappa shape index (κ3) is 5.79. The first kappa shape index (κ1) is 37.1. The highest BCUT2D eigenvalue weighted by Crippen LogP contribution is 2.62. The average molecular weight is 733 g/mol. The number of hydrogen-bond acceptors (Lipinski definition) is 10. The number of nitrogens with one attached hydrogen (secondary N) is 4. The van der Waals surface area contributed by atoms with Crippen molar-refractivity contribution < 1.29 is 28.8 Å². The van der Waals surface area contributed by atoms with Gasteiger partial charge in [0.2, 0.25) is 23.6 Å². The van der Waals surface area contributed by atoms with Crippen molar-refractivity contribution in [1.29, 1.82) is 0 Å². The van der Waals surface area contributed by atoms with Crippen molar-refractivity contribution >= 4 is 46.7 Å². The second-order valence-electron chi connectivity index (χ2n) is 14.3. The number of carbonyl (C=O) groups is 6. The number of carbonyl (C=O) groups excluding carboxylic acids is 6. The molecule has 0 spiro atoms. The van der Waals surface area contributed by atoms with Gasteiger partial charge in [-0.2, -0.15) is 4.98 Å². The first-order chi connectivity index (χ1) is 25.1. The van der Waals surface area contributed by atoms with Crippen molar-refractivity contribution in [1.82, 2.24) is 50.2 Å². The molecule has 0 radical (unpaired) electrons. The summed E-state index contributed by atoms with van der Waals surface area (Å²) in [5, 5.41) is 10.1. The van der Waals surface area contributed by atoms with Gasteiger partial charge in [0, 0.05) is 26.2 Å². The lowest BCUT2D eigenvalue weighted by atomic mass is 9.42. The molecule has 4 aliphatic heterocycles. The molecule has 53 heavy (non-hydrogen) atoms. The van der Waals surface area contributed by atoms with E-state index in [0.717, 1.165) is 44.8 Å². The lowest BCUT2D eigenvalue weighted by Gasteiger charge is -2.71. The topological polar surface area (TPSA) is 227 Å². The van der Waals surface area contributed by atoms with Crippen molar-refractivity contribution in [2.45, 2.75) is 86.0 Å². The van der Waals surface area contributed by atoms with E-state index in [1.807, 2.05) is 32.9 Å². The van der Waals surface area contributed by atoms with Crippen LogP contribution in [0.2, 0.25) is 0 Å². The zero-order valence-electron chi connectivity index (χ0n) is 30.6. The Bertz CT molecular complexity index is 2160. The third-order valence-corrected chi connectivity index (χ3v) is 11.3. The monoisotopic (exact) mass is 732 g/mol. The molecule has 0 bridgehead atoms. The van der Waals surface area contributed by atoms with Crippen LogP contribution < -0.4 is 32.5 Å². The molecule has 282 valence electrons. The van der Waals surface area contributed by atoms with Crippen molar-refractivity contribution in [2.75, 3.05) is 26.2 Å². The van der Waals surface area contributed by atoms with Crippen molar-refractivity contribution in [3.05, 3.63) is 44.1 Å². The van der Waals surface area contributed by atoms with Crippen LogP contribution in [0.25, 0.3) is 22.6 Å². The Morgan fingerprint density at radius 1 is 0.774 bits per heavy atom. The smallest absolute Gasteiger partial charge is 0.352 e. The summed E-state index contributed by atoms with van der Waals surface area (Å²) < 4.78 is 2.64. The molecule has 5 aliphatic rings. The van der Waals surface area contributed by atoms with Gasteiger partial charge >= 0.3 is 17.8 Å². The molecular weight excluding hydrogens is 688 g/mol. The molecule has 6 rings (SSSR count). The molecule has 0 aromatic heterocycles. The molecular formula is C35H44N10O8. The minimum Gasteiger partial charge on any atom is -0.355 e. The molecule has 1 aliphatic carbocycles. The Balaban J connectivity index is 1.25. The van der Waals surface area contributed by atoms with Crippen molar-refractivity contribution in [3.8, 4) is 11.5 Å². The molecule has 4 heterocycles. The number of amides is 8. The number of urea groups is 2. The maximum Gasteiger partial charge on any atom is 0.352 e. The summed E-state index contributed by atoms with van der Waals surface area (Å²) in [6.45, 7) is 10.1. The Morgan fingerprint density at radius 3 is 1.87 bits per heavy atom.